The van der Waals surface area contributed by atoms with Crippen LogP contribution in [0.1, 0.15) is 31.9 Å². The van der Waals surface area contributed by atoms with E-state index in [4.69, 9.17) is 4.74 Å². The lowest BCUT2D eigenvalue weighted by molar-refractivity contribution is -0.140. The highest BCUT2D eigenvalue weighted by molar-refractivity contribution is 9.10. The summed E-state index contributed by atoms with van der Waals surface area (Å²) < 4.78 is 35.3. The van der Waals surface area contributed by atoms with Crippen molar-refractivity contribution in [2.24, 2.45) is 0 Å². The van der Waals surface area contributed by atoms with Gasteiger partial charge in [0.25, 0.3) is 10.0 Å². The Morgan fingerprint density at radius 2 is 1.47 bits per heavy atom. The Hall–Kier alpha value is -4.15. The summed E-state index contributed by atoms with van der Waals surface area (Å²) >= 11 is 3.43. The smallest absolute Gasteiger partial charge is 0.264 e. The first kappa shape index (κ1) is 33.7. The van der Waals surface area contributed by atoms with Crippen LogP contribution in [0.15, 0.2) is 119 Å². The number of carbonyl (C=O) groups is 2. The van der Waals surface area contributed by atoms with Crippen molar-refractivity contribution in [1.82, 2.24) is 10.2 Å². The summed E-state index contributed by atoms with van der Waals surface area (Å²) in [4.78, 5) is 30.0. The van der Waals surface area contributed by atoms with Gasteiger partial charge in [-0.15, -0.1) is 0 Å². The zero-order valence-electron chi connectivity index (χ0n) is 25.8. The zero-order valence-corrected chi connectivity index (χ0v) is 28.2. The average Bonchev–Trinajstić information content (AvgIpc) is 3.01. The molecule has 1 unspecified atom stereocenters. The van der Waals surface area contributed by atoms with Gasteiger partial charge in [-0.05, 0) is 74.4 Å². The van der Waals surface area contributed by atoms with Crippen LogP contribution in [0.2, 0.25) is 0 Å². The van der Waals surface area contributed by atoms with Crippen LogP contribution in [0.25, 0.3) is 0 Å². The summed E-state index contributed by atoms with van der Waals surface area (Å²) in [5, 5.41) is 3.04. The number of nitrogens with one attached hydrogen (secondary N) is 1. The van der Waals surface area contributed by atoms with Gasteiger partial charge in [0.1, 0.15) is 18.3 Å². The minimum Gasteiger partial charge on any atom is -0.497 e. The summed E-state index contributed by atoms with van der Waals surface area (Å²) in [6.45, 7) is 5.13. The van der Waals surface area contributed by atoms with Crippen molar-refractivity contribution in [1.29, 1.82) is 0 Å². The Bertz CT molecular complexity index is 1710. The first-order chi connectivity index (χ1) is 21.4. The number of halogens is 1. The van der Waals surface area contributed by atoms with Crippen molar-refractivity contribution in [3.8, 4) is 5.75 Å². The molecule has 0 spiro atoms. The molecule has 0 aromatic heterocycles. The van der Waals surface area contributed by atoms with Gasteiger partial charge in [-0.3, -0.25) is 13.9 Å². The Morgan fingerprint density at radius 1 is 0.844 bits per heavy atom. The van der Waals surface area contributed by atoms with E-state index < -0.39 is 34.1 Å². The molecule has 45 heavy (non-hydrogen) atoms. The molecule has 0 bridgehead atoms. The molecule has 0 radical (unpaired) electrons. The van der Waals surface area contributed by atoms with Crippen molar-refractivity contribution in [3.05, 3.63) is 125 Å². The SMILES string of the molecule is COc1cccc(CN(C(=O)CN(c2cccc(Br)c2)S(=O)(=O)c2ccccc2)C(Cc2ccccc2)C(=O)NC(C)(C)C)c1. The van der Waals surface area contributed by atoms with Gasteiger partial charge >= 0.3 is 0 Å². The molecule has 236 valence electrons. The Kier molecular flexibility index (Phi) is 11.1. The first-order valence-corrected chi connectivity index (χ1v) is 16.7. The Balaban J connectivity index is 1.82. The van der Waals surface area contributed by atoms with E-state index in [9.17, 15) is 18.0 Å². The van der Waals surface area contributed by atoms with Gasteiger partial charge in [0.15, 0.2) is 0 Å². The van der Waals surface area contributed by atoms with E-state index >= 15 is 0 Å². The van der Waals surface area contributed by atoms with Crippen LogP contribution < -0.4 is 14.4 Å². The summed E-state index contributed by atoms with van der Waals surface area (Å²) in [5.41, 5.74) is 1.32. The third kappa shape index (κ3) is 9.18. The van der Waals surface area contributed by atoms with Gasteiger partial charge in [-0.2, -0.15) is 0 Å². The highest BCUT2D eigenvalue weighted by Crippen LogP contribution is 2.27. The lowest BCUT2D eigenvalue weighted by Gasteiger charge is -2.35. The lowest BCUT2D eigenvalue weighted by atomic mass is 10.0. The molecule has 0 aliphatic carbocycles. The van der Waals surface area contributed by atoms with E-state index in [1.54, 1.807) is 61.7 Å². The Labute approximate surface area is 274 Å². The fourth-order valence-electron chi connectivity index (χ4n) is 4.85. The maximum Gasteiger partial charge on any atom is 0.264 e. The third-order valence-electron chi connectivity index (χ3n) is 6.96. The highest BCUT2D eigenvalue weighted by Gasteiger charge is 2.35. The van der Waals surface area contributed by atoms with Crippen LogP contribution in [0, 0.1) is 0 Å². The number of anilines is 1. The standard InChI is InChI=1S/C35H38BrN3O5S/c1-35(2,3)37-34(41)32(22-26-13-7-5-8-14-26)38(24-27-15-11-18-30(21-27)44-4)33(40)25-39(29-17-12-16-28(36)23-29)45(42,43)31-19-9-6-10-20-31/h5-21,23,32H,22,24-25H2,1-4H3,(H,37,41). The molecule has 0 saturated heterocycles. The van der Waals surface area contributed by atoms with Crippen molar-refractivity contribution in [3.63, 3.8) is 0 Å². The molecule has 0 saturated carbocycles. The number of amides is 2. The molecule has 8 nitrogen and oxygen atoms in total. The quantitative estimate of drug-likeness (QED) is 0.191. The number of nitrogens with zero attached hydrogens (tertiary/aromatic N) is 2. The van der Waals surface area contributed by atoms with E-state index in [0.717, 1.165) is 15.4 Å². The summed E-state index contributed by atoms with van der Waals surface area (Å²) in [6.07, 6.45) is 0.223. The second-order valence-electron chi connectivity index (χ2n) is 11.6. The van der Waals surface area contributed by atoms with Crippen LogP contribution in [0.4, 0.5) is 5.69 Å². The molecule has 4 rings (SSSR count). The van der Waals surface area contributed by atoms with Crippen molar-refractivity contribution < 1.29 is 22.7 Å². The van der Waals surface area contributed by atoms with E-state index in [2.05, 4.69) is 21.2 Å². The van der Waals surface area contributed by atoms with Gasteiger partial charge in [-0.25, -0.2) is 8.42 Å². The van der Waals surface area contributed by atoms with Crippen molar-refractivity contribution >= 4 is 43.5 Å². The number of rotatable bonds is 12. The maximum atomic E-state index is 14.5. The predicted octanol–water partition coefficient (Wildman–Crippen LogP) is 6.21. The number of hydrogen-bond donors (Lipinski definition) is 1. The number of hydrogen-bond acceptors (Lipinski definition) is 5. The van der Waals surface area contributed by atoms with E-state index in [0.29, 0.717) is 15.9 Å². The normalized spacial score (nSPS) is 12.2. The fourth-order valence-corrected chi connectivity index (χ4v) is 6.67. The highest BCUT2D eigenvalue weighted by atomic mass is 79.9. The van der Waals surface area contributed by atoms with E-state index in [1.807, 2.05) is 63.2 Å². The molecule has 0 aliphatic heterocycles. The zero-order chi connectivity index (χ0) is 32.6. The number of benzene rings is 4. The van der Waals surface area contributed by atoms with Crippen molar-refractivity contribution in [2.45, 2.75) is 50.2 Å². The molecule has 1 N–H and O–H groups in total. The molecule has 0 aliphatic rings. The lowest BCUT2D eigenvalue weighted by Crippen LogP contribution is -2.56. The molecule has 4 aromatic rings. The summed E-state index contributed by atoms with van der Waals surface area (Å²) in [5.74, 6) is -0.286. The van der Waals surface area contributed by atoms with Crippen LogP contribution in [-0.2, 0) is 32.6 Å². The summed E-state index contributed by atoms with van der Waals surface area (Å²) in [7, 11) is -2.62. The monoisotopic (exact) mass is 691 g/mol. The van der Waals surface area contributed by atoms with Gasteiger partial charge in [-0.1, -0.05) is 82.7 Å². The largest absolute Gasteiger partial charge is 0.497 e. The number of methoxy groups -OCH3 is 1. The minimum atomic E-state index is -4.17. The molecule has 1 atom stereocenters. The first-order valence-electron chi connectivity index (χ1n) is 14.5. The van der Waals surface area contributed by atoms with Crippen LogP contribution in [0.5, 0.6) is 5.75 Å². The van der Waals surface area contributed by atoms with Gasteiger partial charge in [0.2, 0.25) is 11.8 Å². The van der Waals surface area contributed by atoms with Crippen LogP contribution >= 0.6 is 15.9 Å². The molecular weight excluding hydrogens is 654 g/mol. The number of sulfonamides is 1. The predicted molar refractivity (Wildman–Crippen MR) is 180 cm³/mol. The third-order valence-corrected chi connectivity index (χ3v) is 9.24. The molecular formula is C35H38BrN3O5S. The van der Waals surface area contributed by atoms with E-state index in [1.165, 1.54) is 17.0 Å². The van der Waals surface area contributed by atoms with Gasteiger partial charge in [0.05, 0.1) is 17.7 Å². The second-order valence-corrected chi connectivity index (χ2v) is 14.4. The maximum absolute atomic E-state index is 14.5. The molecule has 10 heteroatoms. The van der Waals surface area contributed by atoms with Gasteiger partial charge in [0, 0.05) is 23.0 Å². The van der Waals surface area contributed by atoms with Crippen LogP contribution in [0.3, 0.4) is 0 Å². The average molecular weight is 693 g/mol. The number of ether oxygens (including phenoxy) is 1. The summed E-state index contributed by atoms with van der Waals surface area (Å²) in [6, 6.07) is 30.5. The number of carbonyl (C=O) groups excluding carboxylic acids is 2. The molecule has 4 aromatic carbocycles. The molecule has 0 heterocycles. The topological polar surface area (TPSA) is 96.0 Å². The Morgan fingerprint density at radius 3 is 2.09 bits per heavy atom. The van der Waals surface area contributed by atoms with Crippen molar-refractivity contribution in [2.75, 3.05) is 18.0 Å². The fraction of sp³-hybridized carbons (Fsp3) is 0.257. The second kappa shape index (κ2) is 14.8. The van der Waals surface area contributed by atoms with Crippen LogP contribution in [-0.4, -0.2) is 50.4 Å². The molecule has 2 amide bonds. The van der Waals surface area contributed by atoms with E-state index in [-0.39, 0.29) is 23.8 Å². The minimum absolute atomic E-state index is 0.0444. The van der Waals surface area contributed by atoms with Gasteiger partial charge < -0.3 is 15.0 Å². The molecule has 0 fully saturated rings.